The molecular formula is C34H34N2O4. The van der Waals surface area contributed by atoms with Crippen LogP contribution in [0.3, 0.4) is 0 Å². The van der Waals surface area contributed by atoms with E-state index in [4.69, 9.17) is 4.74 Å². The van der Waals surface area contributed by atoms with Crippen molar-refractivity contribution in [3.8, 4) is 11.3 Å². The maximum absolute atomic E-state index is 13.4. The molecule has 40 heavy (non-hydrogen) atoms. The van der Waals surface area contributed by atoms with Crippen molar-refractivity contribution in [3.05, 3.63) is 101 Å². The minimum atomic E-state index is -0.543. The first-order valence-electron chi connectivity index (χ1n) is 13.6. The smallest absolute Gasteiger partial charge is 0.337 e. The van der Waals surface area contributed by atoms with E-state index in [1.807, 2.05) is 60.5 Å². The van der Waals surface area contributed by atoms with Gasteiger partial charge in [0.15, 0.2) is 0 Å². The number of likely N-dealkylation sites (tertiary alicyclic amines) is 1. The molecule has 0 aliphatic carbocycles. The van der Waals surface area contributed by atoms with Gasteiger partial charge in [-0.3, -0.25) is 9.59 Å². The second kappa shape index (κ2) is 11.0. The standard InChI is InChI=1S/C34H34N2O4/c1-23-10-16-30-29(22-23)28(32(35(30)3)25-11-13-26(14-12-25)33(39)40-4)15-17-31(38)36-20-18-34(19-21-36,24(2)37)27-8-6-5-7-9-27/h5-17,22H,18-21H2,1-4H3. The number of hydrogen-bond acceptors (Lipinski definition) is 4. The monoisotopic (exact) mass is 534 g/mol. The molecule has 1 saturated heterocycles. The first-order valence-corrected chi connectivity index (χ1v) is 13.6. The number of ketones is 1. The van der Waals surface area contributed by atoms with Crippen LogP contribution in [0.5, 0.6) is 0 Å². The fourth-order valence-electron chi connectivity index (χ4n) is 5.96. The zero-order chi connectivity index (χ0) is 28.4. The minimum Gasteiger partial charge on any atom is -0.465 e. The number of benzene rings is 3. The third kappa shape index (κ3) is 4.86. The normalized spacial score (nSPS) is 14.9. The largest absolute Gasteiger partial charge is 0.465 e. The van der Waals surface area contributed by atoms with Gasteiger partial charge in [-0.1, -0.05) is 54.1 Å². The van der Waals surface area contributed by atoms with Crippen LogP contribution in [-0.2, 0) is 26.8 Å². The first-order chi connectivity index (χ1) is 19.2. The van der Waals surface area contributed by atoms with Gasteiger partial charge in [-0.05, 0) is 68.2 Å². The molecule has 6 nitrogen and oxygen atoms in total. The molecule has 0 bridgehead atoms. The molecule has 0 atom stereocenters. The number of ether oxygens (including phenoxy) is 1. The Hall–Kier alpha value is -4.45. The SMILES string of the molecule is COC(=O)c1ccc(-c2c(C=CC(=O)N3CCC(C(C)=O)(c4ccccc4)CC3)c3cc(C)ccc3n2C)cc1. The number of piperidine rings is 1. The molecule has 1 aliphatic heterocycles. The molecular weight excluding hydrogens is 500 g/mol. The van der Waals surface area contributed by atoms with E-state index in [9.17, 15) is 14.4 Å². The van der Waals surface area contributed by atoms with Gasteiger partial charge in [0.2, 0.25) is 5.91 Å². The Balaban J connectivity index is 1.45. The molecule has 1 amide bonds. The fraction of sp³-hybridized carbons (Fsp3) is 0.265. The minimum absolute atomic E-state index is 0.0677. The molecule has 1 aliphatic rings. The number of amides is 1. The summed E-state index contributed by atoms with van der Waals surface area (Å²) in [6.07, 6.45) is 4.76. The topological polar surface area (TPSA) is 68.6 Å². The molecule has 2 heterocycles. The van der Waals surface area contributed by atoms with Crippen LogP contribution in [0, 0.1) is 6.92 Å². The van der Waals surface area contributed by atoms with Crippen molar-refractivity contribution in [2.24, 2.45) is 7.05 Å². The van der Waals surface area contributed by atoms with Crippen LogP contribution in [0.1, 0.15) is 46.8 Å². The highest BCUT2D eigenvalue weighted by Crippen LogP contribution is 2.37. The summed E-state index contributed by atoms with van der Waals surface area (Å²) in [6, 6.07) is 23.5. The van der Waals surface area contributed by atoms with E-state index in [0.717, 1.165) is 38.9 Å². The van der Waals surface area contributed by atoms with Gasteiger partial charge >= 0.3 is 5.97 Å². The lowest BCUT2D eigenvalue weighted by molar-refractivity contribution is -0.131. The number of carbonyl (C=O) groups excluding carboxylic acids is 3. The molecule has 4 aromatic rings. The summed E-state index contributed by atoms with van der Waals surface area (Å²) >= 11 is 0. The van der Waals surface area contributed by atoms with E-state index in [0.29, 0.717) is 31.5 Å². The molecule has 3 aromatic carbocycles. The number of methoxy groups -OCH3 is 1. The van der Waals surface area contributed by atoms with E-state index in [1.54, 1.807) is 25.1 Å². The predicted octanol–water partition coefficient (Wildman–Crippen LogP) is 6.10. The Bertz CT molecular complexity index is 1610. The van der Waals surface area contributed by atoms with Gasteiger partial charge in [-0.2, -0.15) is 0 Å². The molecule has 0 unspecified atom stereocenters. The summed E-state index contributed by atoms with van der Waals surface area (Å²) in [4.78, 5) is 40.0. The van der Waals surface area contributed by atoms with Crippen molar-refractivity contribution in [1.29, 1.82) is 0 Å². The number of fused-ring (bicyclic) bond motifs is 1. The summed E-state index contributed by atoms with van der Waals surface area (Å²) in [7, 11) is 3.38. The number of carbonyl (C=O) groups is 3. The summed E-state index contributed by atoms with van der Waals surface area (Å²) in [5.41, 5.74) is 5.98. The van der Waals surface area contributed by atoms with Gasteiger partial charge in [0.05, 0.1) is 23.8 Å². The summed E-state index contributed by atoms with van der Waals surface area (Å²) in [5, 5.41) is 1.05. The molecule has 0 N–H and O–H groups in total. The maximum Gasteiger partial charge on any atom is 0.337 e. The van der Waals surface area contributed by atoms with Crippen molar-refractivity contribution in [1.82, 2.24) is 9.47 Å². The van der Waals surface area contributed by atoms with Crippen LogP contribution in [0.25, 0.3) is 28.2 Å². The molecule has 5 rings (SSSR count). The van der Waals surface area contributed by atoms with Crippen LogP contribution in [-0.4, -0.2) is 47.3 Å². The lowest BCUT2D eigenvalue weighted by atomic mass is 9.70. The first kappa shape index (κ1) is 27.1. The summed E-state index contributed by atoms with van der Waals surface area (Å²) < 4.78 is 6.97. The highest BCUT2D eigenvalue weighted by Gasteiger charge is 2.41. The van der Waals surface area contributed by atoms with Gasteiger partial charge < -0.3 is 14.2 Å². The van der Waals surface area contributed by atoms with Crippen molar-refractivity contribution in [2.75, 3.05) is 20.2 Å². The second-order valence-electron chi connectivity index (χ2n) is 10.6. The van der Waals surface area contributed by atoms with E-state index in [-0.39, 0.29) is 17.7 Å². The molecule has 1 fully saturated rings. The van der Waals surface area contributed by atoms with Crippen molar-refractivity contribution in [3.63, 3.8) is 0 Å². The number of aryl methyl sites for hydroxylation is 2. The molecule has 0 radical (unpaired) electrons. The second-order valence-corrected chi connectivity index (χ2v) is 10.6. The molecule has 0 spiro atoms. The van der Waals surface area contributed by atoms with E-state index < -0.39 is 5.41 Å². The third-order valence-corrected chi connectivity index (χ3v) is 8.30. The summed E-state index contributed by atoms with van der Waals surface area (Å²) in [6.45, 7) is 4.76. The maximum atomic E-state index is 13.4. The number of nitrogens with zero attached hydrogens (tertiary/aromatic N) is 2. The molecule has 1 aromatic heterocycles. The van der Waals surface area contributed by atoms with Crippen LogP contribution in [0.2, 0.25) is 0 Å². The Morgan fingerprint density at radius 1 is 0.925 bits per heavy atom. The van der Waals surface area contributed by atoms with Crippen LogP contribution < -0.4 is 0 Å². The Labute approximate surface area is 234 Å². The van der Waals surface area contributed by atoms with Crippen LogP contribution >= 0.6 is 0 Å². The quantitative estimate of drug-likeness (QED) is 0.221. The lowest BCUT2D eigenvalue weighted by Gasteiger charge is -2.40. The molecule has 204 valence electrons. The Kier molecular flexibility index (Phi) is 7.44. The number of esters is 1. The third-order valence-electron chi connectivity index (χ3n) is 8.30. The van der Waals surface area contributed by atoms with Crippen molar-refractivity contribution in [2.45, 2.75) is 32.1 Å². The average molecular weight is 535 g/mol. The lowest BCUT2D eigenvalue weighted by Crippen LogP contribution is -2.48. The fourth-order valence-corrected chi connectivity index (χ4v) is 5.96. The molecule has 6 heteroatoms. The van der Waals surface area contributed by atoms with Crippen molar-refractivity contribution >= 4 is 34.6 Å². The number of aromatic nitrogens is 1. The predicted molar refractivity (Wildman–Crippen MR) is 158 cm³/mol. The van der Waals surface area contributed by atoms with Gasteiger partial charge in [0.25, 0.3) is 0 Å². The van der Waals surface area contributed by atoms with Gasteiger partial charge in [0, 0.05) is 42.7 Å². The number of rotatable bonds is 6. The van der Waals surface area contributed by atoms with Crippen molar-refractivity contribution < 1.29 is 19.1 Å². The van der Waals surface area contributed by atoms with E-state index >= 15 is 0 Å². The van der Waals surface area contributed by atoms with Crippen LogP contribution in [0.15, 0.2) is 78.9 Å². The highest BCUT2D eigenvalue weighted by atomic mass is 16.5. The zero-order valence-corrected chi connectivity index (χ0v) is 23.4. The molecule has 0 saturated carbocycles. The Morgan fingerprint density at radius 3 is 2.23 bits per heavy atom. The van der Waals surface area contributed by atoms with Gasteiger partial charge in [-0.15, -0.1) is 0 Å². The zero-order valence-electron chi connectivity index (χ0n) is 23.4. The highest BCUT2D eigenvalue weighted by molar-refractivity contribution is 6.02. The van der Waals surface area contributed by atoms with E-state index in [1.165, 1.54) is 7.11 Å². The van der Waals surface area contributed by atoms with Gasteiger partial charge in [-0.25, -0.2) is 4.79 Å². The van der Waals surface area contributed by atoms with Gasteiger partial charge in [0.1, 0.15) is 5.78 Å². The van der Waals surface area contributed by atoms with Crippen LogP contribution in [0.4, 0.5) is 0 Å². The average Bonchev–Trinajstić information content (AvgIpc) is 3.26. The summed E-state index contributed by atoms with van der Waals surface area (Å²) in [5.74, 6) is -0.301. The number of Topliss-reactive ketones (excluding diaryl/α,β-unsaturated/α-hetero) is 1. The Morgan fingerprint density at radius 2 is 1.60 bits per heavy atom. The van der Waals surface area contributed by atoms with E-state index in [2.05, 4.69) is 29.7 Å². The number of hydrogen-bond donors (Lipinski definition) is 0.